The molecule has 0 heterocycles. The summed E-state index contributed by atoms with van der Waals surface area (Å²) < 4.78 is 0. The topological polar surface area (TPSA) is 58.2 Å². The van der Waals surface area contributed by atoms with E-state index in [0.29, 0.717) is 24.4 Å². The van der Waals surface area contributed by atoms with Crippen molar-refractivity contribution in [3.05, 3.63) is 71.8 Å². The average Bonchev–Trinajstić information content (AvgIpc) is 2.60. The molecule has 0 spiro atoms. The summed E-state index contributed by atoms with van der Waals surface area (Å²) in [5, 5.41) is 5.76. The van der Waals surface area contributed by atoms with E-state index in [4.69, 9.17) is 0 Å². The molecular weight excluding hydrogens is 300 g/mol. The van der Waals surface area contributed by atoms with E-state index in [1.807, 2.05) is 50.2 Å². The molecule has 0 aliphatic rings. The zero-order valence-corrected chi connectivity index (χ0v) is 14.2. The van der Waals surface area contributed by atoms with Gasteiger partial charge in [0.2, 0.25) is 5.91 Å². The van der Waals surface area contributed by atoms with Crippen LogP contribution in [0.3, 0.4) is 0 Å². The summed E-state index contributed by atoms with van der Waals surface area (Å²) in [6.07, 6.45) is 0.462. The van der Waals surface area contributed by atoms with Crippen molar-refractivity contribution < 1.29 is 9.59 Å². The van der Waals surface area contributed by atoms with Gasteiger partial charge in [-0.3, -0.25) is 9.59 Å². The Balaban J connectivity index is 2.09. The maximum absolute atomic E-state index is 12.5. The van der Waals surface area contributed by atoms with Crippen LogP contribution in [0.15, 0.2) is 60.7 Å². The largest absolute Gasteiger partial charge is 0.354 e. The van der Waals surface area contributed by atoms with E-state index in [1.165, 1.54) is 0 Å². The molecular formula is C20H24N2O2. The summed E-state index contributed by atoms with van der Waals surface area (Å²) in [7, 11) is 0. The van der Waals surface area contributed by atoms with E-state index >= 15 is 0 Å². The van der Waals surface area contributed by atoms with Gasteiger partial charge in [-0.25, -0.2) is 0 Å². The molecule has 24 heavy (non-hydrogen) atoms. The van der Waals surface area contributed by atoms with Crippen LogP contribution in [0.2, 0.25) is 0 Å². The summed E-state index contributed by atoms with van der Waals surface area (Å²) in [6.45, 7) is 4.66. The van der Waals surface area contributed by atoms with Crippen molar-refractivity contribution in [2.75, 3.05) is 6.54 Å². The summed E-state index contributed by atoms with van der Waals surface area (Å²) in [5.74, 6) is -0.0378. The summed E-state index contributed by atoms with van der Waals surface area (Å²) >= 11 is 0. The molecule has 2 aromatic carbocycles. The van der Waals surface area contributed by atoms with Gasteiger partial charge >= 0.3 is 0 Å². The van der Waals surface area contributed by atoms with Gasteiger partial charge in [0.05, 0.1) is 0 Å². The molecule has 0 saturated heterocycles. The van der Waals surface area contributed by atoms with Crippen LogP contribution in [-0.4, -0.2) is 24.4 Å². The third-order valence-electron chi connectivity index (χ3n) is 3.62. The Morgan fingerprint density at radius 1 is 0.917 bits per heavy atom. The average molecular weight is 324 g/mol. The number of carbonyl (C=O) groups excluding carboxylic acids is 2. The van der Waals surface area contributed by atoms with Gasteiger partial charge in [-0.1, -0.05) is 62.4 Å². The third-order valence-corrected chi connectivity index (χ3v) is 3.62. The van der Waals surface area contributed by atoms with Gasteiger partial charge in [0, 0.05) is 18.5 Å². The predicted molar refractivity (Wildman–Crippen MR) is 95.7 cm³/mol. The second-order valence-electron chi connectivity index (χ2n) is 6.22. The molecule has 4 heteroatoms. The molecule has 0 unspecified atom stereocenters. The molecule has 2 rings (SSSR count). The first kappa shape index (κ1) is 17.7. The van der Waals surface area contributed by atoms with Crippen LogP contribution in [0.25, 0.3) is 0 Å². The molecule has 0 bridgehead atoms. The van der Waals surface area contributed by atoms with Crippen LogP contribution in [0.5, 0.6) is 0 Å². The number of nitrogens with one attached hydrogen (secondary N) is 2. The molecule has 4 nitrogen and oxygen atoms in total. The van der Waals surface area contributed by atoms with Crippen molar-refractivity contribution >= 4 is 11.8 Å². The van der Waals surface area contributed by atoms with Crippen LogP contribution < -0.4 is 10.6 Å². The van der Waals surface area contributed by atoms with Gasteiger partial charge in [-0.2, -0.15) is 0 Å². The number of hydrogen-bond donors (Lipinski definition) is 2. The Hall–Kier alpha value is -2.62. The molecule has 0 fully saturated rings. The molecule has 0 saturated carbocycles. The zero-order chi connectivity index (χ0) is 17.4. The lowest BCUT2D eigenvalue weighted by Crippen LogP contribution is -2.48. The fraction of sp³-hybridized carbons (Fsp3) is 0.300. The van der Waals surface area contributed by atoms with Gasteiger partial charge in [-0.05, 0) is 23.6 Å². The van der Waals surface area contributed by atoms with E-state index < -0.39 is 6.04 Å². The SMILES string of the molecule is CC(C)CNC(=O)[C@@H](Cc1ccccc1)NC(=O)c1ccccc1. The standard InChI is InChI=1S/C20H24N2O2/c1-15(2)14-21-20(24)18(13-16-9-5-3-6-10-16)22-19(23)17-11-7-4-8-12-17/h3-12,15,18H,13-14H2,1-2H3,(H,21,24)(H,22,23)/t18-/m1/s1. The number of rotatable bonds is 7. The molecule has 0 radical (unpaired) electrons. The van der Waals surface area contributed by atoms with Gasteiger partial charge in [0.15, 0.2) is 0 Å². The molecule has 0 aromatic heterocycles. The van der Waals surface area contributed by atoms with Gasteiger partial charge in [0.1, 0.15) is 6.04 Å². The lowest BCUT2D eigenvalue weighted by Gasteiger charge is -2.19. The number of amides is 2. The Morgan fingerprint density at radius 3 is 2.08 bits per heavy atom. The predicted octanol–water partition coefficient (Wildman–Crippen LogP) is 2.80. The van der Waals surface area contributed by atoms with Crippen LogP contribution in [-0.2, 0) is 11.2 Å². The molecule has 2 aromatic rings. The zero-order valence-electron chi connectivity index (χ0n) is 14.2. The minimum atomic E-state index is -0.598. The Labute approximate surface area is 143 Å². The molecule has 0 aliphatic heterocycles. The molecule has 2 N–H and O–H groups in total. The second-order valence-corrected chi connectivity index (χ2v) is 6.22. The Kier molecular flexibility index (Phi) is 6.55. The minimum absolute atomic E-state index is 0.156. The molecule has 1 atom stereocenters. The van der Waals surface area contributed by atoms with Crippen molar-refractivity contribution in [1.82, 2.24) is 10.6 Å². The quantitative estimate of drug-likeness (QED) is 0.823. The number of hydrogen-bond acceptors (Lipinski definition) is 2. The third kappa shape index (κ3) is 5.54. The fourth-order valence-corrected chi connectivity index (χ4v) is 2.32. The highest BCUT2D eigenvalue weighted by Crippen LogP contribution is 2.06. The summed E-state index contributed by atoms with van der Waals surface area (Å²) in [4.78, 5) is 24.9. The van der Waals surface area contributed by atoms with Gasteiger partial charge in [-0.15, -0.1) is 0 Å². The van der Waals surface area contributed by atoms with E-state index in [9.17, 15) is 9.59 Å². The van der Waals surface area contributed by atoms with Crippen molar-refractivity contribution in [1.29, 1.82) is 0 Å². The van der Waals surface area contributed by atoms with Gasteiger partial charge < -0.3 is 10.6 Å². The normalized spacial score (nSPS) is 11.8. The monoisotopic (exact) mass is 324 g/mol. The molecule has 126 valence electrons. The van der Waals surface area contributed by atoms with E-state index in [2.05, 4.69) is 10.6 Å². The first-order chi connectivity index (χ1) is 11.6. The Morgan fingerprint density at radius 2 is 1.50 bits per heavy atom. The van der Waals surface area contributed by atoms with Crippen molar-refractivity contribution in [2.45, 2.75) is 26.3 Å². The Bertz CT molecular complexity index is 654. The number of benzene rings is 2. The first-order valence-corrected chi connectivity index (χ1v) is 8.24. The van der Waals surface area contributed by atoms with E-state index in [-0.39, 0.29) is 11.8 Å². The van der Waals surface area contributed by atoms with Crippen LogP contribution in [0.4, 0.5) is 0 Å². The highest BCUT2D eigenvalue weighted by molar-refractivity contribution is 5.97. The first-order valence-electron chi connectivity index (χ1n) is 8.24. The molecule has 0 aliphatic carbocycles. The summed E-state index contributed by atoms with van der Waals surface area (Å²) in [6, 6.07) is 18.0. The highest BCUT2D eigenvalue weighted by Gasteiger charge is 2.21. The van der Waals surface area contributed by atoms with E-state index in [1.54, 1.807) is 24.3 Å². The smallest absolute Gasteiger partial charge is 0.251 e. The maximum Gasteiger partial charge on any atom is 0.251 e. The van der Waals surface area contributed by atoms with Crippen molar-refractivity contribution in [3.63, 3.8) is 0 Å². The lowest BCUT2D eigenvalue weighted by molar-refractivity contribution is -0.123. The fourth-order valence-electron chi connectivity index (χ4n) is 2.32. The molecule has 2 amide bonds. The number of carbonyl (C=O) groups is 2. The second kappa shape index (κ2) is 8.87. The van der Waals surface area contributed by atoms with E-state index in [0.717, 1.165) is 5.56 Å². The lowest BCUT2D eigenvalue weighted by atomic mass is 10.0. The minimum Gasteiger partial charge on any atom is -0.354 e. The van der Waals surface area contributed by atoms with Crippen molar-refractivity contribution in [2.24, 2.45) is 5.92 Å². The summed E-state index contributed by atoms with van der Waals surface area (Å²) in [5.41, 5.74) is 1.56. The van der Waals surface area contributed by atoms with Crippen LogP contribution in [0, 0.1) is 5.92 Å². The van der Waals surface area contributed by atoms with Crippen molar-refractivity contribution in [3.8, 4) is 0 Å². The van der Waals surface area contributed by atoms with Gasteiger partial charge in [0.25, 0.3) is 5.91 Å². The highest BCUT2D eigenvalue weighted by atomic mass is 16.2. The maximum atomic E-state index is 12.5. The van der Waals surface area contributed by atoms with Crippen LogP contribution in [0.1, 0.15) is 29.8 Å². The van der Waals surface area contributed by atoms with Crippen LogP contribution >= 0.6 is 0 Å².